The first-order chi connectivity index (χ1) is 9.28. The molecule has 2 saturated heterocycles. The number of aldehydes is 1. The van der Waals surface area contributed by atoms with Gasteiger partial charge in [0.15, 0.2) is 6.29 Å². The molecule has 0 amide bonds. The van der Waals surface area contributed by atoms with Crippen molar-refractivity contribution in [2.45, 2.75) is 25.3 Å². The van der Waals surface area contributed by atoms with Crippen LogP contribution in [0.25, 0.3) is 0 Å². The Labute approximate surface area is 119 Å². The Kier molecular flexibility index (Phi) is 3.76. The smallest absolute Gasteiger partial charge is 0.152 e. The van der Waals surface area contributed by atoms with Crippen molar-refractivity contribution >= 4 is 23.6 Å². The zero-order valence-corrected chi connectivity index (χ0v) is 11.8. The van der Waals surface area contributed by atoms with Gasteiger partial charge in [-0.1, -0.05) is 18.0 Å². The molecule has 3 nitrogen and oxygen atoms in total. The average molecular weight is 279 g/mol. The van der Waals surface area contributed by atoms with Gasteiger partial charge in [-0.3, -0.25) is 9.69 Å². The summed E-state index contributed by atoms with van der Waals surface area (Å²) in [5.41, 5.74) is 1.74. The van der Waals surface area contributed by atoms with Gasteiger partial charge in [-0.2, -0.15) is 0 Å². The summed E-state index contributed by atoms with van der Waals surface area (Å²) in [5, 5.41) is 0.701. The lowest BCUT2D eigenvalue weighted by molar-refractivity contribution is 0.112. The van der Waals surface area contributed by atoms with Gasteiger partial charge in [0.05, 0.1) is 0 Å². The molecule has 0 radical (unpaired) electrons. The first-order valence-electron chi connectivity index (χ1n) is 7.01. The highest BCUT2D eigenvalue weighted by Gasteiger charge is 2.29. The molecule has 4 heteroatoms. The van der Waals surface area contributed by atoms with Crippen LogP contribution >= 0.6 is 11.6 Å². The molecule has 2 heterocycles. The normalized spacial score (nSPS) is 24.1. The van der Waals surface area contributed by atoms with Crippen molar-refractivity contribution in [1.82, 2.24) is 4.90 Å². The molecule has 0 aromatic heterocycles. The fourth-order valence-electron chi connectivity index (χ4n) is 3.27. The summed E-state index contributed by atoms with van der Waals surface area (Å²) in [6, 6.07) is 6.16. The maximum atomic E-state index is 11.2. The minimum absolute atomic E-state index is 0.640. The summed E-state index contributed by atoms with van der Waals surface area (Å²) < 4.78 is 0. The Morgan fingerprint density at radius 1 is 1.21 bits per heavy atom. The highest BCUT2D eigenvalue weighted by Crippen LogP contribution is 2.28. The molecule has 2 aliphatic heterocycles. The number of nitrogens with zero attached hydrogens (tertiary/aromatic N) is 2. The molecule has 2 aliphatic rings. The van der Waals surface area contributed by atoms with Crippen LogP contribution in [0.15, 0.2) is 18.2 Å². The van der Waals surface area contributed by atoms with E-state index in [4.69, 9.17) is 11.6 Å². The largest absolute Gasteiger partial charge is 0.368 e. The van der Waals surface area contributed by atoms with E-state index in [-0.39, 0.29) is 0 Å². The van der Waals surface area contributed by atoms with Crippen LogP contribution in [0.1, 0.15) is 29.6 Å². The lowest BCUT2D eigenvalue weighted by Crippen LogP contribution is -2.55. The zero-order valence-electron chi connectivity index (χ0n) is 11.0. The summed E-state index contributed by atoms with van der Waals surface area (Å²) in [7, 11) is 0. The lowest BCUT2D eigenvalue weighted by Gasteiger charge is -2.45. The van der Waals surface area contributed by atoms with Crippen molar-refractivity contribution in [3.63, 3.8) is 0 Å². The molecule has 3 rings (SSSR count). The van der Waals surface area contributed by atoms with Crippen molar-refractivity contribution < 1.29 is 4.79 Å². The predicted octanol–water partition coefficient (Wildman–Crippen LogP) is 2.83. The Morgan fingerprint density at radius 3 is 2.95 bits per heavy atom. The van der Waals surface area contributed by atoms with Crippen LogP contribution in [0.3, 0.4) is 0 Å². The van der Waals surface area contributed by atoms with E-state index in [1.807, 2.05) is 12.1 Å². The van der Waals surface area contributed by atoms with Gasteiger partial charge < -0.3 is 4.90 Å². The van der Waals surface area contributed by atoms with Crippen LogP contribution in [-0.4, -0.2) is 43.4 Å². The Bertz CT molecular complexity index is 477. The standard InChI is InChI=1S/C15H19ClN2O/c16-13-5-4-12(11-19)15(9-13)18-8-7-17-6-2-1-3-14(17)10-18/h4-5,9,11,14H,1-3,6-8,10H2. The average Bonchev–Trinajstić information content (AvgIpc) is 2.46. The van der Waals surface area contributed by atoms with E-state index in [1.165, 1.54) is 25.8 Å². The van der Waals surface area contributed by atoms with E-state index in [2.05, 4.69) is 9.80 Å². The number of piperazine rings is 1. The van der Waals surface area contributed by atoms with Gasteiger partial charge in [0.25, 0.3) is 0 Å². The molecule has 1 unspecified atom stereocenters. The van der Waals surface area contributed by atoms with Gasteiger partial charge >= 0.3 is 0 Å². The molecule has 0 bridgehead atoms. The highest BCUT2D eigenvalue weighted by molar-refractivity contribution is 6.31. The molecule has 19 heavy (non-hydrogen) atoms. The highest BCUT2D eigenvalue weighted by atomic mass is 35.5. The third kappa shape index (κ3) is 2.63. The maximum absolute atomic E-state index is 11.2. The summed E-state index contributed by atoms with van der Waals surface area (Å²) >= 11 is 6.08. The van der Waals surface area contributed by atoms with Crippen molar-refractivity contribution in [2.75, 3.05) is 31.1 Å². The first-order valence-corrected chi connectivity index (χ1v) is 7.39. The van der Waals surface area contributed by atoms with Gasteiger partial charge in [-0.15, -0.1) is 0 Å². The minimum atomic E-state index is 0.640. The summed E-state index contributed by atoms with van der Waals surface area (Å²) in [6.07, 6.45) is 4.85. The third-order valence-electron chi connectivity index (χ3n) is 4.30. The number of fused-ring (bicyclic) bond motifs is 1. The van der Waals surface area contributed by atoms with Crippen LogP contribution in [0.2, 0.25) is 5.02 Å². The number of hydrogen-bond donors (Lipinski definition) is 0. The van der Waals surface area contributed by atoms with Gasteiger partial charge in [0.2, 0.25) is 0 Å². The Morgan fingerprint density at radius 2 is 2.11 bits per heavy atom. The quantitative estimate of drug-likeness (QED) is 0.777. The number of carbonyl (C=O) groups is 1. The molecular formula is C15H19ClN2O. The summed E-state index contributed by atoms with van der Waals surface area (Å²) in [5.74, 6) is 0. The predicted molar refractivity (Wildman–Crippen MR) is 78.3 cm³/mol. The SMILES string of the molecule is O=Cc1ccc(Cl)cc1N1CCN2CCCCC2C1. The topological polar surface area (TPSA) is 23.6 Å². The molecule has 0 aliphatic carbocycles. The van der Waals surface area contributed by atoms with Crippen LogP contribution in [0, 0.1) is 0 Å². The monoisotopic (exact) mass is 278 g/mol. The van der Waals surface area contributed by atoms with E-state index in [0.717, 1.165) is 37.2 Å². The second-order valence-electron chi connectivity index (χ2n) is 5.45. The molecule has 102 valence electrons. The van der Waals surface area contributed by atoms with Gasteiger partial charge in [-0.05, 0) is 37.6 Å². The van der Waals surface area contributed by atoms with Crippen LogP contribution in [0.4, 0.5) is 5.69 Å². The molecule has 1 aromatic rings. The number of hydrogen-bond acceptors (Lipinski definition) is 3. The number of piperidine rings is 1. The van der Waals surface area contributed by atoms with E-state index in [9.17, 15) is 4.79 Å². The number of carbonyl (C=O) groups excluding carboxylic acids is 1. The number of benzene rings is 1. The first kappa shape index (κ1) is 12.9. The maximum Gasteiger partial charge on any atom is 0.152 e. The van der Waals surface area contributed by atoms with Crippen molar-refractivity contribution in [2.24, 2.45) is 0 Å². The fourth-order valence-corrected chi connectivity index (χ4v) is 3.43. The summed E-state index contributed by atoms with van der Waals surface area (Å²) in [6.45, 7) is 4.32. The van der Waals surface area contributed by atoms with Crippen molar-refractivity contribution in [3.8, 4) is 0 Å². The second kappa shape index (κ2) is 5.51. The van der Waals surface area contributed by atoms with Gasteiger partial charge in [0.1, 0.15) is 0 Å². The molecule has 0 N–H and O–H groups in total. The molecule has 1 aromatic carbocycles. The van der Waals surface area contributed by atoms with E-state index < -0.39 is 0 Å². The third-order valence-corrected chi connectivity index (χ3v) is 4.53. The lowest BCUT2D eigenvalue weighted by atomic mass is 9.99. The summed E-state index contributed by atoms with van der Waals surface area (Å²) in [4.78, 5) is 16.1. The molecule has 0 spiro atoms. The molecule has 1 atom stereocenters. The Hall–Kier alpha value is -1.06. The van der Waals surface area contributed by atoms with Crippen LogP contribution < -0.4 is 4.90 Å². The fraction of sp³-hybridized carbons (Fsp3) is 0.533. The van der Waals surface area contributed by atoms with Crippen molar-refractivity contribution in [1.29, 1.82) is 0 Å². The molecule has 2 fully saturated rings. The molecule has 0 saturated carbocycles. The van der Waals surface area contributed by atoms with Crippen LogP contribution in [-0.2, 0) is 0 Å². The second-order valence-corrected chi connectivity index (χ2v) is 5.89. The Balaban J connectivity index is 1.82. The zero-order chi connectivity index (χ0) is 13.2. The van der Waals surface area contributed by atoms with E-state index in [0.29, 0.717) is 11.1 Å². The number of rotatable bonds is 2. The molecular weight excluding hydrogens is 260 g/mol. The van der Waals surface area contributed by atoms with Gasteiger partial charge in [-0.25, -0.2) is 0 Å². The van der Waals surface area contributed by atoms with E-state index >= 15 is 0 Å². The van der Waals surface area contributed by atoms with Crippen molar-refractivity contribution in [3.05, 3.63) is 28.8 Å². The number of halogens is 1. The minimum Gasteiger partial charge on any atom is -0.368 e. The van der Waals surface area contributed by atoms with E-state index in [1.54, 1.807) is 6.07 Å². The number of anilines is 1. The van der Waals surface area contributed by atoms with Gasteiger partial charge in [0, 0.05) is 41.9 Å². The van der Waals surface area contributed by atoms with Crippen LogP contribution in [0.5, 0.6) is 0 Å².